The van der Waals surface area contributed by atoms with E-state index < -0.39 is 11.8 Å². The van der Waals surface area contributed by atoms with Gasteiger partial charge in [-0.25, -0.2) is 0 Å². The maximum atomic E-state index is 12.7. The molecule has 11 heteroatoms. The van der Waals surface area contributed by atoms with Crippen molar-refractivity contribution in [2.24, 2.45) is 11.5 Å². The van der Waals surface area contributed by atoms with Crippen LogP contribution in [0.15, 0.2) is 40.9 Å². The third-order valence-electron chi connectivity index (χ3n) is 5.71. The van der Waals surface area contributed by atoms with Gasteiger partial charge in [-0.15, -0.1) is 21.5 Å². The number of hydrogen-bond donors (Lipinski definition) is 3. The monoisotopic (exact) mass is 498 g/mol. The van der Waals surface area contributed by atoms with Crippen LogP contribution in [-0.2, 0) is 11.2 Å². The first-order chi connectivity index (χ1) is 16.4. The van der Waals surface area contributed by atoms with E-state index in [4.69, 9.17) is 11.5 Å². The molecule has 1 fully saturated rings. The average Bonchev–Trinajstić information content (AvgIpc) is 3.48. The highest BCUT2D eigenvalue weighted by Crippen LogP contribution is 2.33. The summed E-state index contributed by atoms with van der Waals surface area (Å²) in [6.45, 7) is 0. The van der Waals surface area contributed by atoms with Crippen LogP contribution in [0.25, 0.3) is 0 Å². The first-order valence-electron chi connectivity index (χ1n) is 11.0. The Hall–Kier alpha value is -3.18. The van der Waals surface area contributed by atoms with E-state index in [0.29, 0.717) is 12.5 Å². The minimum atomic E-state index is -0.716. The minimum Gasteiger partial charge on any atom is -0.366 e. The number of nitrogens with zero attached hydrogens (tertiary/aromatic N) is 3. The number of aromatic nitrogens is 3. The van der Waals surface area contributed by atoms with E-state index in [-0.39, 0.29) is 28.5 Å². The summed E-state index contributed by atoms with van der Waals surface area (Å²) in [6.07, 6.45) is 6.44. The Bertz CT molecular complexity index is 1150. The molecule has 2 aromatic heterocycles. The van der Waals surface area contributed by atoms with E-state index in [1.165, 1.54) is 54.1 Å². The van der Waals surface area contributed by atoms with Gasteiger partial charge in [-0.2, -0.15) is 0 Å². The highest BCUT2D eigenvalue weighted by Gasteiger charge is 2.24. The molecular formula is C23H26N6O3S2. The van der Waals surface area contributed by atoms with Crippen molar-refractivity contribution in [3.63, 3.8) is 0 Å². The van der Waals surface area contributed by atoms with Crippen molar-refractivity contribution in [2.75, 3.05) is 11.1 Å². The van der Waals surface area contributed by atoms with Gasteiger partial charge in [0.25, 0.3) is 0 Å². The summed E-state index contributed by atoms with van der Waals surface area (Å²) >= 11 is 3.01. The number of nitrogens with two attached hydrogens (primary N) is 2. The lowest BCUT2D eigenvalue weighted by atomic mass is 9.95. The van der Waals surface area contributed by atoms with Crippen molar-refractivity contribution in [3.8, 4) is 0 Å². The van der Waals surface area contributed by atoms with E-state index in [9.17, 15) is 14.4 Å². The number of primary amides is 2. The molecule has 0 spiro atoms. The molecule has 0 saturated heterocycles. The number of nitrogens with one attached hydrogen (secondary N) is 1. The molecule has 3 amide bonds. The number of rotatable bonds is 9. The van der Waals surface area contributed by atoms with Crippen LogP contribution in [0.3, 0.4) is 0 Å². The molecule has 1 aliphatic carbocycles. The van der Waals surface area contributed by atoms with Crippen LogP contribution < -0.4 is 16.8 Å². The van der Waals surface area contributed by atoms with Crippen molar-refractivity contribution >= 4 is 46.5 Å². The first kappa shape index (κ1) is 24.0. The molecule has 0 aliphatic heterocycles. The lowest BCUT2D eigenvalue weighted by Gasteiger charge is -2.25. The van der Waals surface area contributed by atoms with Crippen LogP contribution in [0, 0.1) is 0 Å². The van der Waals surface area contributed by atoms with Gasteiger partial charge in [-0.3, -0.25) is 14.4 Å². The van der Waals surface area contributed by atoms with Crippen LogP contribution >= 0.6 is 23.1 Å². The van der Waals surface area contributed by atoms with Crippen molar-refractivity contribution in [2.45, 2.75) is 49.7 Å². The van der Waals surface area contributed by atoms with Gasteiger partial charge >= 0.3 is 0 Å². The third kappa shape index (κ3) is 5.84. The number of thiophene rings is 1. The second kappa shape index (κ2) is 10.8. The van der Waals surface area contributed by atoms with Gasteiger partial charge in [0.1, 0.15) is 5.82 Å². The first-order valence-corrected chi connectivity index (χ1v) is 12.9. The van der Waals surface area contributed by atoms with E-state index in [2.05, 4.69) is 26.1 Å². The maximum Gasteiger partial charge on any atom is 0.248 e. The Morgan fingerprint density at radius 3 is 2.38 bits per heavy atom. The molecule has 0 radical (unpaired) electrons. The van der Waals surface area contributed by atoms with Gasteiger partial charge in [-0.05, 0) is 42.5 Å². The Labute approximate surface area is 205 Å². The highest BCUT2D eigenvalue weighted by atomic mass is 32.2. The molecule has 4 rings (SSSR count). The second-order valence-electron chi connectivity index (χ2n) is 8.18. The molecule has 3 aromatic rings. The van der Waals surface area contributed by atoms with Gasteiger partial charge in [-0.1, -0.05) is 37.1 Å². The molecule has 9 nitrogen and oxygen atoms in total. The lowest BCUT2D eigenvalue weighted by molar-refractivity contribution is -0.113. The van der Waals surface area contributed by atoms with E-state index >= 15 is 0 Å². The number of benzene rings is 1. The Morgan fingerprint density at radius 1 is 1.06 bits per heavy atom. The van der Waals surface area contributed by atoms with Gasteiger partial charge in [0.05, 0.1) is 5.75 Å². The van der Waals surface area contributed by atoms with Crippen molar-refractivity contribution in [1.82, 2.24) is 14.8 Å². The Kier molecular flexibility index (Phi) is 7.63. The molecule has 1 aromatic carbocycles. The van der Waals surface area contributed by atoms with Crippen LogP contribution in [0.4, 0.5) is 5.69 Å². The second-order valence-corrected chi connectivity index (χ2v) is 10.2. The van der Waals surface area contributed by atoms with Crippen molar-refractivity contribution in [1.29, 1.82) is 0 Å². The minimum absolute atomic E-state index is 0.0921. The fraction of sp³-hybridized carbons (Fsp3) is 0.348. The zero-order chi connectivity index (χ0) is 24.1. The standard InChI is InChI=1S/C23H26N6O3S2/c24-21(31)14-9-15(22(25)32)11-16(10-14)26-20(30)13-34-23-28-27-19(12-18-7-4-8-33-18)29(23)17-5-2-1-3-6-17/h4,7-11,17H,1-3,5-6,12-13H2,(H2,24,31)(H2,25,32)(H,26,30). The normalized spacial score (nSPS) is 14.1. The molecule has 0 bridgehead atoms. The van der Waals surface area contributed by atoms with Crippen LogP contribution in [-0.4, -0.2) is 38.2 Å². The Balaban J connectivity index is 1.48. The molecule has 1 aliphatic rings. The summed E-state index contributed by atoms with van der Waals surface area (Å²) < 4.78 is 2.20. The van der Waals surface area contributed by atoms with Crippen LogP contribution in [0.5, 0.6) is 0 Å². The van der Waals surface area contributed by atoms with Crippen molar-refractivity contribution in [3.05, 3.63) is 57.5 Å². The average molecular weight is 499 g/mol. The summed E-state index contributed by atoms with van der Waals surface area (Å²) in [4.78, 5) is 37.0. The van der Waals surface area contributed by atoms with Crippen LogP contribution in [0.2, 0.25) is 0 Å². The number of carbonyl (C=O) groups excluding carboxylic acids is 3. The largest absolute Gasteiger partial charge is 0.366 e. The highest BCUT2D eigenvalue weighted by molar-refractivity contribution is 7.99. The molecule has 0 unspecified atom stereocenters. The van der Waals surface area contributed by atoms with Gasteiger partial charge < -0.3 is 21.4 Å². The fourth-order valence-electron chi connectivity index (χ4n) is 4.11. The number of amides is 3. The van der Waals surface area contributed by atoms with Gasteiger partial charge in [0.2, 0.25) is 17.7 Å². The molecule has 178 valence electrons. The van der Waals surface area contributed by atoms with Crippen LogP contribution in [0.1, 0.15) is 69.6 Å². The number of anilines is 1. The summed E-state index contributed by atoms with van der Waals surface area (Å²) in [5.41, 5.74) is 11.1. The number of carbonyl (C=O) groups is 3. The van der Waals surface area contributed by atoms with Gasteiger partial charge in [0.15, 0.2) is 5.16 Å². The zero-order valence-corrected chi connectivity index (χ0v) is 20.2. The van der Waals surface area contributed by atoms with E-state index in [1.807, 2.05) is 11.4 Å². The molecule has 34 heavy (non-hydrogen) atoms. The predicted molar refractivity (Wildman–Crippen MR) is 132 cm³/mol. The molecule has 2 heterocycles. The predicted octanol–water partition coefficient (Wildman–Crippen LogP) is 3.36. The fourth-order valence-corrected chi connectivity index (χ4v) is 5.64. The molecule has 0 atom stereocenters. The molecular weight excluding hydrogens is 472 g/mol. The SMILES string of the molecule is NC(=O)c1cc(NC(=O)CSc2nnc(Cc3cccs3)n2C2CCCCC2)cc(C(N)=O)c1. The summed E-state index contributed by atoms with van der Waals surface area (Å²) in [7, 11) is 0. The topological polar surface area (TPSA) is 146 Å². The smallest absolute Gasteiger partial charge is 0.248 e. The Morgan fingerprint density at radius 2 is 1.76 bits per heavy atom. The summed E-state index contributed by atoms with van der Waals surface area (Å²) in [6, 6.07) is 8.58. The number of thioether (sulfide) groups is 1. The van der Waals surface area contributed by atoms with Gasteiger partial charge in [0, 0.05) is 34.2 Å². The third-order valence-corrected chi connectivity index (χ3v) is 7.53. The molecule has 5 N–H and O–H groups in total. The summed E-state index contributed by atoms with van der Waals surface area (Å²) in [5.74, 6) is -0.729. The lowest BCUT2D eigenvalue weighted by Crippen LogP contribution is -2.20. The van der Waals surface area contributed by atoms with E-state index in [1.54, 1.807) is 11.3 Å². The number of hydrogen-bond acceptors (Lipinski definition) is 7. The van der Waals surface area contributed by atoms with Crippen molar-refractivity contribution < 1.29 is 14.4 Å². The molecule has 1 saturated carbocycles. The quantitative estimate of drug-likeness (QED) is 0.386. The summed E-state index contributed by atoms with van der Waals surface area (Å²) in [5, 5.41) is 14.3. The van der Waals surface area contributed by atoms with E-state index in [0.717, 1.165) is 23.8 Å². The zero-order valence-electron chi connectivity index (χ0n) is 18.5. The maximum absolute atomic E-state index is 12.7.